The molecule has 1 atom stereocenters. The van der Waals surface area contributed by atoms with Gasteiger partial charge in [-0.2, -0.15) is 0 Å². The minimum absolute atomic E-state index is 0.596. The van der Waals surface area contributed by atoms with Crippen LogP contribution in [0, 0.1) is 0 Å². The molecular formula is C22H22N2O2. The van der Waals surface area contributed by atoms with Gasteiger partial charge in [0.2, 0.25) is 0 Å². The van der Waals surface area contributed by atoms with E-state index >= 15 is 0 Å². The first-order chi connectivity index (χ1) is 12.7. The number of para-hydroxylation sites is 2. The Balaban J connectivity index is 1.48. The normalized spacial score (nSPS) is 12.5. The molecule has 4 heteroatoms. The molecule has 4 nitrogen and oxygen atoms in total. The Morgan fingerprint density at radius 2 is 1.77 bits per heavy atom. The number of ether oxygens (including phenoxy) is 1. The Labute approximate surface area is 152 Å². The summed E-state index contributed by atoms with van der Waals surface area (Å²) in [5, 5.41) is 12.4. The molecule has 4 rings (SSSR count). The molecule has 0 saturated carbocycles. The zero-order chi connectivity index (χ0) is 17.9. The average molecular weight is 346 g/mol. The summed E-state index contributed by atoms with van der Waals surface area (Å²) in [6.07, 6.45) is 0.241. The van der Waals surface area contributed by atoms with E-state index in [2.05, 4.69) is 27.8 Å². The number of hydrogen-bond acceptors (Lipinski definition) is 3. The topological polar surface area (TPSA) is 47.3 Å². The monoisotopic (exact) mass is 346 g/mol. The summed E-state index contributed by atoms with van der Waals surface area (Å²) in [6.45, 7) is 3.12. The van der Waals surface area contributed by atoms with Crippen LogP contribution in [0.3, 0.4) is 0 Å². The summed E-state index contributed by atoms with van der Waals surface area (Å²) in [7, 11) is 0. The molecular weight excluding hydrogens is 324 g/mol. The van der Waals surface area contributed by atoms with E-state index in [1.165, 1.54) is 5.39 Å². The molecule has 0 unspecified atom stereocenters. The van der Waals surface area contributed by atoms with Crippen molar-refractivity contribution in [1.29, 1.82) is 0 Å². The second-order valence-corrected chi connectivity index (χ2v) is 6.47. The first-order valence-corrected chi connectivity index (χ1v) is 8.98. The number of imidazole rings is 1. The molecule has 0 spiro atoms. The largest absolute Gasteiger partial charge is 0.493 e. The summed E-state index contributed by atoms with van der Waals surface area (Å²) >= 11 is 0. The molecule has 1 aromatic heterocycles. The molecule has 0 amide bonds. The minimum atomic E-state index is -0.596. The maximum atomic E-state index is 10.0. The molecule has 0 aliphatic rings. The quantitative estimate of drug-likeness (QED) is 0.514. The third-order valence-electron chi connectivity index (χ3n) is 4.59. The number of aromatic nitrogens is 2. The van der Waals surface area contributed by atoms with E-state index in [0.29, 0.717) is 12.4 Å². The second-order valence-electron chi connectivity index (χ2n) is 6.47. The summed E-state index contributed by atoms with van der Waals surface area (Å²) in [6, 6.07) is 22.3. The molecule has 0 saturated heterocycles. The number of rotatable bonds is 6. The van der Waals surface area contributed by atoms with Gasteiger partial charge in [-0.3, -0.25) is 0 Å². The van der Waals surface area contributed by atoms with E-state index in [4.69, 9.17) is 4.74 Å². The van der Waals surface area contributed by atoms with Crippen LogP contribution in [0.1, 0.15) is 25.3 Å². The first kappa shape index (κ1) is 16.6. The van der Waals surface area contributed by atoms with Crippen molar-refractivity contribution < 1.29 is 9.84 Å². The number of nitrogens with zero attached hydrogens (tertiary/aromatic N) is 2. The predicted octanol–water partition coefficient (Wildman–Crippen LogP) is 4.71. The van der Waals surface area contributed by atoms with Crippen LogP contribution < -0.4 is 4.74 Å². The van der Waals surface area contributed by atoms with Crippen molar-refractivity contribution in [1.82, 2.24) is 9.55 Å². The highest BCUT2D eigenvalue weighted by molar-refractivity contribution is 5.88. The fourth-order valence-corrected chi connectivity index (χ4v) is 3.37. The lowest BCUT2D eigenvalue weighted by Gasteiger charge is -2.12. The summed E-state index contributed by atoms with van der Waals surface area (Å²) in [5.74, 6) is 1.62. The van der Waals surface area contributed by atoms with Crippen molar-refractivity contribution in [3.05, 3.63) is 72.6 Å². The van der Waals surface area contributed by atoms with Crippen molar-refractivity contribution >= 4 is 21.8 Å². The van der Waals surface area contributed by atoms with E-state index in [1.807, 2.05) is 48.5 Å². The Morgan fingerprint density at radius 3 is 2.65 bits per heavy atom. The number of aliphatic hydroxyl groups is 1. The van der Waals surface area contributed by atoms with Crippen LogP contribution in [0.2, 0.25) is 0 Å². The van der Waals surface area contributed by atoms with Crippen molar-refractivity contribution in [2.24, 2.45) is 0 Å². The zero-order valence-corrected chi connectivity index (χ0v) is 14.8. The van der Waals surface area contributed by atoms with E-state index in [1.54, 1.807) is 6.92 Å². The van der Waals surface area contributed by atoms with Gasteiger partial charge in [0, 0.05) is 11.9 Å². The van der Waals surface area contributed by atoms with Crippen LogP contribution in [0.5, 0.6) is 5.75 Å². The molecule has 0 bridgehead atoms. The maximum Gasteiger partial charge on any atom is 0.138 e. The van der Waals surface area contributed by atoms with Crippen LogP contribution in [0.15, 0.2) is 66.7 Å². The standard InChI is InChI=1S/C22H22N2O2/c1-16(25)22-23-19-11-4-5-12-20(19)24(22)14-7-15-26-21-13-6-9-17-8-2-3-10-18(17)21/h2-6,8-13,16,25H,7,14-15H2,1H3/t16-/m1/s1. The summed E-state index contributed by atoms with van der Waals surface area (Å²) in [5.41, 5.74) is 1.96. The van der Waals surface area contributed by atoms with Crippen molar-refractivity contribution in [3.63, 3.8) is 0 Å². The molecule has 1 N–H and O–H groups in total. The lowest BCUT2D eigenvalue weighted by molar-refractivity contribution is 0.183. The molecule has 0 radical (unpaired) electrons. The lowest BCUT2D eigenvalue weighted by atomic mass is 10.1. The van der Waals surface area contributed by atoms with E-state index < -0.39 is 6.10 Å². The zero-order valence-electron chi connectivity index (χ0n) is 14.8. The van der Waals surface area contributed by atoms with Gasteiger partial charge < -0.3 is 14.4 Å². The molecule has 0 fully saturated rings. The smallest absolute Gasteiger partial charge is 0.138 e. The van der Waals surface area contributed by atoms with Gasteiger partial charge in [-0.1, -0.05) is 48.5 Å². The maximum absolute atomic E-state index is 10.0. The van der Waals surface area contributed by atoms with Crippen LogP contribution >= 0.6 is 0 Å². The Bertz CT molecular complexity index is 1030. The van der Waals surface area contributed by atoms with Crippen LogP contribution in [-0.2, 0) is 6.54 Å². The minimum Gasteiger partial charge on any atom is -0.493 e. The van der Waals surface area contributed by atoms with E-state index in [9.17, 15) is 5.11 Å². The third-order valence-corrected chi connectivity index (χ3v) is 4.59. The van der Waals surface area contributed by atoms with E-state index in [0.717, 1.165) is 35.1 Å². The van der Waals surface area contributed by atoms with Crippen LogP contribution in [0.25, 0.3) is 21.8 Å². The Kier molecular flexibility index (Phi) is 4.59. The number of benzene rings is 3. The first-order valence-electron chi connectivity index (χ1n) is 8.98. The molecule has 0 aliphatic carbocycles. The number of fused-ring (bicyclic) bond motifs is 2. The van der Waals surface area contributed by atoms with Crippen molar-refractivity contribution in [3.8, 4) is 5.75 Å². The number of aryl methyl sites for hydroxylation is 1. The van der Waals surface area contributed by atoms with Crippen LogP contribution in [0.4, 0.5) is 0 Å². The SMILES string of the molecule is C[C@@H](O)c1nc2ccccc2n1CCCOc1cccc2ccccc12. The van der Waals surface area contributed by atoms with Gasteiger partial charge in [0.15, 0.2) is 0 Å². The highest BCUT2D eigenvalue weighted by Gasteiger charge is 2.14. The van der Waals surface area contributed by atoms with Gasteiger partial charge in [-0.25, -0.2) is 4.98 Å². The van der Waals surface area contributed by atoms with Gasteiger partial charge in [-0.15, -0.1) is 0 Å². The van der Waals surface area contributed by atoms with E-state index in [-0.39, 0.29) is 0 Å². The lowest BCUT2D eigenvalue weighted by Crippen LogP contribution is -2.10. The molecule has 132 valence electrons. The molecule has 3 aromatic carbocycles. The second kappa shape index (κ2) is 7.18. The Hall–Kier alpha value is -2.85. The third kappa shape index (κ3) is 3.16. The Morgan fingerprint density at radius 1 is 1.00 bits per heavy atom. The number of hydrogen-bond donors (Lipinski definition) is 1. The van der Waals surface area contributed by atoms with Gasteiger partial charge in [-0.05, 0) is 36.9 Å². The van der Waals surface area contributed by atoms with Crippen molar-refractivity contribution in [2.75, 3.05) is 6.61 Å². The summed E-state index contributed by atoms with van der Waals surface area (Å²) in [4.78, 5) is 4.56. The molecule has 0 aliphatic heterocycles. The highest BCUT2D eigenvalue weighted by Crippen LogP contribution is 2.25. The average Bonchev–Trinajstić information content (AvgIpc) is 3.04. The van der Waals surface area contributed by atoms with Gasteiger partial charge in [0.05, 0.1) is 17.6 Å². The fraction of sp³-hybridized carbons (Fsp3) is 0.227. The van der Waals surface area contributed by atoms with Crippen molar-refractivity contribution in [2.45, 2.75) is 26.0 Å². The van der Waals surface area contributed by atoms with Crippen LogP contribution in [-0.4, -0.2) is 21.3 Å². The van der Waals surface area contributed by atoms with Gasteiger partial charge in [0.1, 0.15) is 17.7 Å². The highest BCUT2D eigenvalue weighted by atomic mass is 16.5. The molecule has 26 heavy (non-hydrogen) atoms. The predicted molar refractivity (Wildman–Crippen MR) is 104 cm³/mol. The van der Waals surface area contributed by atoms with Gasteiger partial charge >= 0.3 is 0 Å². The summed E-state index contributed by atoms with van der Waals surface area (Å²) < 4.78 is 8.12. The molecule has 1 heterocycles. The number of aliphatic hydroxyl groups excluding tert-OH is 1. The van der Waals surface area contributed by atoms with Gasteiger partial charge in [0.25, 0.3) is 0 Å². The fourth-order valence-electron chi connectivity index (χ4n) is 3.37. The molecule has 4 aromatic rings.